The van der Waals surface area contributed by atoms with E-state index in [9.17, 15) is 9.90 Å². The molecule has 0 unspecified atom stereocenters. The maximum Gasteiger partial charge on any atom is 0.250 e. The van der Waals surface area contributed by atoms with Crippen molar-refractivity contribution in [2.24, 2.45) is 5.10 Å². The average Bonchev–Trinajstić information content (AvgIpc) is 2.55. The lowest BCUT2D eigenvalue weighted by atomic mass is 10.2. The van der Waals surface area contributed by atoms with Crippen LogP contribution in [0.3, 0.4) is 0 Å². The molecular weight excluding hydrogens is 344 g/mol. The summed E-state index contributed by atoms with van der Waals surface area (Å²) >= 11 is 2.90. The van der Waals surface area contributed by atoms with Crippen molar-refractivity contribution in [3.8, 4) is 5.75 Å². The highest BCUT2D eigenvalue weighted by molar-refractivity contribution is 8.00. The molecule has 2 rings (SSSR count). The molecule has 24 heavy (non-hydrogen) atoms. The number of hydrogen-bond acceptors (Lipinski definition) is 7. The molecule has 0 spiro atoms. The first-order valence-electron chi connectivity index (χ1n) is 7.29. The van der Waals surface area contributed by atoms with Crippen LogP contribution in [0.5, 0.6) is 5.75 Å². The van der Waals surface area contributed by atoms with Crippen LogP contribution in [-0.4, -0.2) is 38.7 Å². The topological polar surface area (TPSA) is 87.5 Å². The summed E-state index contributed by atoms with van der Waals surface area (Å²) in [5.41, 5.74) is 3.85. The fourth-order valence-electron chi connectivity index (χ4n) is 1.72. The van der Waals surface area contributed by atoms with Crippen LogP contribution in [0, 0.1) is 6.92 Å². The molecule has 0 aliphatic heterocycles. The summed E-state index contributed by atoms with van der Waals surface area (Å²) in [5, 5.41) is 14.9. The van der Waals surface area contributed by atoms with Gasteiger partial charge in [0, 0.05) is 11.3 Å². The van der Waals surface area contributed by atoms with E-state index >= 15 is 0 Å². The van der Waals surface area contributed by atoms with E-state index in [1.165, 1.54) is 18.0 Å². The minimum absolute atomic E-state index is 0.113. The minimum atomic E-state index is -0.243. The Morgan fingerprint density at radius 3 is 2.88 bits per heavy atom. The Morgan fingerprint density at radius 2 is 2.12 bits per heavy atom. The molecule has 0 atom stereocenters. The van der Waals surface area contributed by atoms with E-state index in [2.05, 4.69) is 20.5 Å². The molecule has 0 saturated heterocycles. The van der Waals surface area contributed by atoms with Gasteiger partial charge in [-0.1, -0.05) is 42.6 Å². The highest BCUT2D eigenvalue weighted by Crippen LogP contribution is 2.20. The van der Waals surface area contributed by atoms with Crippen LogP contribution in [0.25, 0.3) is 0 Å². The van der Waals surface area contributed by atoms with Crippen molar-refractivity contribution < 1.29 is 9.90 Å². The number of phenols is 1. The average molecular weight is 362 g/mol. The number of nitrogens with one attached hydrogen (secondary N) is 1. The quantitative estimate of drug-likeness (QED) is 0.259. The molecule has 0 fully saturated rings. The smallest absolute Gasteiger partial charge is 0.250 e. The second kappa shape index (κ2) is 9.29. The highest BCUT2D eigenvalue weighted by atomic mass is 32.2. The van der Waals surface area contributed by atoms with Gasteiger partial charge in [-0.2, -0.15) is 5.10 Å². The lowest BCUT2D eigenvalue weighted by molar-refractivity contribution is -0.118. The highest BCUT2D eigenvalue weighted by Gasteiger charge is 2.06. The van der Waals surface area contributed by atoms with E-state index in [0.717, 1.165) is 21.6 Å². The molecule has 1 aromatic heterocycles. The van der Waals surface area contributed by atoms with E-state index in [1.807, 2.05) is 19.9 Å². The first kappa shape index (κ1) is 18.3. The van der Waals surface area contributed by atoms with Gasteiger partial charge in [-0.25, -0.2) is 15.4 Å². The van der Waals surface area contributed by atoms with Crippen LogP contribution in [0.15, 0.2) is 45.6 Å². The number of nitrogens with zero attached hydrogens (tertiary/aromatic N) is 3. The Morgan fingerprint density at radius 1 is 1.33 bits per heavy atom. The van der Waals surface area contributed by atoms with Crippen molar-refractivity contribution in [2.45, 2.75) is 24.0 Å². The minimum Gasteiger partial charge on any atom is -0.507 e. The summed E-state index contributed by atoms with van der Waals surface area (Å²) in [6, 6.07) is 8.61. The number of aromatic hydroxyl groups is 1. The molecular formula is C16H18N4O2S2. The Balaban J connectivity index is 1.86. The Hall–Kier alpha value is -2.06. The summed E-state index contributed by atoms with van der Waals surface area (Å²) in [7, 11) is 0. The molecule has 2 N–H and O–H groups in total. The van der Waals surface area contributed by atoms with Gasteiger partial charge in [-0.05, 0) is 30.9 Å². The summed E-state index contributed by atoms with van der Waals surface area (Å²) in [5.74, 6) is 0.967. The van der Waals surface area contributed by atoms with Crippen LogP contribution < -0.4 is 5.43 Å². The number of phenolic OH excluding ortho intramolecular Hbond substituents is 1. The predicted molar refractivity (Wildman–Crippen MR) is 97.7 cm³/mol. The maximum absolute atomic E-state index is 11.8. The molecule has 0 radical (unpaired) electrons. The molecule has 1 heterocycles. The zero-order chi connectivity index (χ0) is 17.4. The number of rotatable bonds is 7. The number of carbonyl (C=O) groups excluding carboxylic acids is 1. The van der Waals surface area contributed by atoms with Crippen molar-refractivity contribution >= 4 is 35.6 Å². The second-order valence-corrected chi connectivity index (χ2v) is 6.93. The van der Waals surface area contributed by atoms with Gasteiger partial charge in [0.05, 0.1) is 12.0 Å². The van der Waals surface area contributed by atoms with Crippen LogP contribution >= 0.6 is 23.5 Å². The SMILES string of the molecule is CCSc1nc(C)cc(SCC(=O)N/N=C/c2ccccc2O)n1. The fraction of sp³-hybridized carbons (Fsp3) is 0.250. The third kappa shape index (κ3) is 5.86. The van der Waals surface area contributed by atoms with E-state index in [-0.39, 0.29) is 17.4 Å². The van der Waals surface area contributed by atoms with Gasteiger partial charge in [0.15, 0.2) is 5.16 Å². The number of benzene rings is 1. The van der Waals surface area contributed by atoms with Gasteiger partial charge >= 0.3 is 0 Å². The number of carbonyl (C=O) groups is 1. The number of aryl methyl sites for hydroxylation is 1. The number of amides is 1. The molecule has 1 aromatic carbocycles. The normalized spacial score (nSPS) is 10.9. The van der Waals surface area contributed by atoms with E-state index in [4.69, 9.17) is 0 Å². The summed E-state index contributed by atoms with van der Waals surface area (Å²) in [6.45, 7) is 3.95. The Bertz CT molecular complexity index is 738. The molecule has 0 saturated carbocycles. The summed E-state index contributed by atoms with van der Waals surface area (Å²) < 4.78 is 0. The molecule has 6 nitrogen and oxygen atoms in total. The standard InChI is InChI=1S/C16H18N4O2S2/c1-3-23-16-18-11(2)8-15(19-16)24-10-14(22)20-17-9-12-6-4-5-7-13(12)21/h4-9,21H,3,10H2,1-2H3,(H,20,22)/b17-9+. The third-order valence-corrected chi connectivity index (χ3v) is 4.41. The third-order valence-electron chi connectivity index (χ3n) is 2.76. The molecule has 0 aliphatic rings. The molecule has 0 bridgehead atoms. The van der Waals surface area contributed by atoms with Gasteiger partial charge in [-0.3, -0.25) is 4.79 Å². The number of hydrazone groups is 1. The van der Waals surface area contributed by atoms with Crippen LogP contribution in [0.1, 0.15) is 18.2 Å². The lowest BCUT2D eigenvalue weighted by Crippen LogP contribution is -2.19. The van der Waals surface area contributed by atoms with Gasteiger partial charge in [0.25, 0.3) is 0 Å². The summed E-state index contributed by atoms with van der Waals surface area (Å²) in [6.07, 6.45) is 1.41. The number of para-hydroxylation sites is 1. The molecule has 126 valence electrons. The van der Waals surface area contributed by atoms with E-state index in [1.54, 1.807) is 36.0 Å². The van der Waals surface area contributed by atoms with Crippen molar-refractivity contribution in [1.29, 1.82) is 0 Å². The van der Waals surface area contributed by atoms with Gasteiger partial charge in [0.2, 0.25) is 5.91 Å². The number of aromatic nitrogens is 2. The van der Waals surface area contributed by atoms with E-state index in [0.29, 0.717) is 5.56 Å². The molecule has 0 aliphatic carbocycles. The van der Waals surface area contributed by atoms with Gasteiger partial charge in [-0.15, -0.1) is 0 Å². The lowest BCUT2D eigenvalue weighted by Gasteiger charge is -2.04. The number of thioether (sulfide) groups is 2. The Labute approximate surface area is 149 Å². The Kier molecular flexibility index (Phi) is 7.07. The second-order valence-electron chi connectivity index (χ2n) is 4.70. The van der Waals surface area contributed by atoms with Crippen molar-refractivity contribution in [3.63, 3.8) is 0 Å². The van der Waals surface area contributed by atoms with Gasteiger partial charge < -0.3 is 5.11 Å². The van der Waals surface area contributed by atoms with Crippen molar-refractivity contribution in [1.82, 2.24) is 15.4 Å². The fourth-order valence-corrected chi connectivity index (χ4v) is 3.16. The number of hydrogen-bond donors (Lipinski definition) is 2. The van der Waals surface area contributed by atoms with Crippen molar-refractivity contribution in [2.75, 3.05) is 11.5 Å². The monoisotopic (exact) mass is 362 g/mol. The van der Waals surface area contributed by atoms with Crippen molar-refractivity contribution in [3.05, 3.63) is 41.6 Å². The van der Waals surface area contributed by atoms with Crippen LogP contribution in [-0.2, 0) is 4.79 Å². The van der Waals surface area contributed by atoms with Crippen LogP contribution in [0.4, 0.5) is 0 Å². The van der Waals surface area contributed by atoms with E-state index < -0.39 is 0 Å². The zero-order valence-corrected chi connectivity index (χ0v) is 15.0. The van der Waals surface area contributed by atoms with Gasteiger partial charge in [0.1, 0.15) is 10.8 Å². The summed E-state index contributed by atoms with van der Waals surface area (Å²) in [4.78, 5) is 20.6. The first-order chi connectivity index (χ1) is 11.6. The predicted octanol–water partition coefficient (Wildman–Crippen LogP) is 2.85. The first-order valence-corrected chi connectivity index (χ1v) is 9.26. The molecule has 2 aromatic rings. The molecule has 1 amide bonds. The van der Waals surface area contributed by atoms with Crippen LogP contribution in [0.2, 0.25) is 0 Å². The molecule has 8 heteroatoms. The largest absolute Gasteiger partial charge is 0.507 e. The maximum atomic E-state index is 11.8. The zero-order valence-electron chi connectivity index (χ0n) is 13.4.